The number of carbonyl (C=O) groups is 1. The van der Waals surface area contributed by atoms with Crippen molar-refractivity contribution in [3.8, 4) is 16.5 Å². The average molecular weight is 342 g/mol. The Hall–Kier alpha value is -2.60. The number of aryl methyl sites for hydroxylation is 2. The van der Waals surface area contributed by atoms with Crippen LogP contribution in [0.15, 0.2) is 40.1 Å². The summed E-state index contributed by atoms with van der Waals surface area (Å²) in [6.07, 6.45) is 0.228. The summed E-state index contributed by atoms with van der Waals surface area (Å²) in [6, 6.07) is 9.34. The van der Waals surface area contributed by atoms with E-state index in [0.717, 1.165) is 27.5 Å². The third-order valence-electron chi connectivity index (χ3n) is 3.63. The van der Waals surface area contributed by atoms with Crippen LogP contribution in [-0.2, 0) is 17.8 Å². The topological polar surface area (TPSA) is 78.4 Å². The van der Waals surface area contributed by atoms with Crippen LogP contribution in [0.25, 0.3) is 10.8 Å². The lowest BCUT2D eigenvalue weighted by atomic mass is 10.1. The fourth-order valence-electron chi connectivity index (χ4n) is 2.31. The molecule has 0 aliphatic carbocycles. The zero-order valence-corrected chi connectivity index (χ0v) is 14.4. The summed E-state index contributed by atoms with van der Waals surface area (Å²) in [7, 11) is 0. The van der Waals surface area contributed by atoms with Crippen molar-refractivity contribution in [1.29, 1.82) is 0 Å². The number of thiophene rings is 1. The molecular weight excluding hydrogens is 324 g/mol. The lowest BCUT2D eigenvalue weighted by Gasteiger charge is -2.05. The van der Waals surface area contributed by atoms with E-state index in [2.05, 4.69) is 4.98 Å². The third-order valence-corrected chi connectivity index (χ3v) is 4.63. The van der Waals surface area contributed by atoms with Gasteiger partial charge in [0.25, 0.3) is 0 Å². The molecule has 0 saturated heterocycles. The lowest BCUT2D eigenvalue weighted by molar-refractivity contribution is -0.117. The number of rotatable bonds is 6. The second-order valence-electron chi connectivity index (χ2n) is 5.53. The maximum Gasteiger partial charge on any atom is 0.237 e. The fraction of sp³-hybridized carbons (Fsp3) is 0.222. The third kappa shape index (κ3) is 3.65. The first kappa shape index (κ1) is 16.3. The molecule has 0 bridgehead atoms. The Morgan fingerprint density at radius 1 is 1.25 bits per heavy atom. The van der Waals surface area contributed by atoms with Gasteiger partial charge < -0.3 is 14.9 Å². The second kappa shape index (κ2) is 6.88. The normalized spacial score (nSPS) is 10.8. The number of amides is 1. The molecule has 5 nitrogen and oxygen atoms in total. The van der Waals surface area contributed by atoms with Crippen molar-refractivity contribution in [3.05, 3.63) is 58.3 Å². The number of oxazole rings is 1. The zero-order valence-electron chi connectivity index (χ0n) is 13.5. The summed E-state index contributed by atoms with van der Waals surface area (Å²) in [5, 5.41) is 2.02. The van der Waals surface area contributed by atoms with Crippen molar-refractivity contribution in [2.45, 2.75) is 26.9 Å². The molecule has 124 valence electrons. The highest BCUT2D eigenvalue weighted by atomic mass is 32.1. The largest absolute Gasteiger partial charge is 0.487 e. The molecule has 2 aromatic heterocycles. The van der Waals surface area contributed by atoms with E-state index in [0.29, 0.717) is 18.2 Å². The minimum Gasteiger partial charge on any atom is -0.487 e. The highest BCUT2D eigenvalue weighted by molar-refractivity contribution is 7.13. The first-order valence-corrected chi connectivity index (χ1v) is 8.41. The van der Waals surface area contributed by atoms with Crippen molar-refractivity contribution in [1.82, 2.24) is 4.98 Å². The molecule has 3 aromatic rings. The number of hydrogen-bond donors (Lipinski definition) is 1. The van der Waals surface area contributed by atoms with Crippen LogP contribution in [0, 0.1) is 13.8 Å². The first-order valence-electron chi connectivity index (χ1n) is 7.53. The van der Waals surface area contributed by atoms with E-state index in [1.54, 1.807) is 11.3 Å². The van der Waals surface area contributed by atoms with E-state index in [9.17, 15) is 4.79 Å². The van der Waals surface area contributed by atoms with E-state index in [-0.39, 0.29) is 12.3 Å². The van der Waals surface area contributed by atoms with Crippen molar-refractivity contribution < 1.29 is 13.9 Å². The molecule has 0 fully saturated rings. The van der Waals surface area contributed by atoms with Gasteiger partial charge in [-0.1, -0.05) is 12.1 Å². The van der Waals surface area contributed by atoms with Crippen LogP contribution in [0.3, 0.4) is 0 Å². The summed E-state index contributed by atoms with van der Waals surface area (Å²) in [5.74, 6) is 1.75. The molecule has 0 aliphatic heterocycles. The van der Waals surface area contributed by atoms with E-state index in [1.807, 2.05) is 49.6 Å². The van der Waals surface area contributed by atoms with Gasteiger partial charge in [-0.05, 0) is 48.6 Å². The number of nitrogens with zero attached hydrogens (tertiary/aromatic N) is 1. The van der Waals surface area contributed by atoms with Crippen LogP contribution < -0.4 is 10.5 Å². The Morgan fingerprint density at radius 3 is 2.62 bits per heavy atom. The molecule has 2 heterocycles. The summed E-state index contributed by atoms with van der Waals surface area (Å²) in [6.45, 7) is 4.25. The van der Waals surface area contributed by atoms with E-state index in [1.165, 1.54) is 0 Å². The molecule has 24 heavy (non-hydrogen) atoms. The molecule has 1 aromatic carbocycles. The SMILES string of the molecule is Cc1ccsc1-c1nc(COc2ccc(CC(N)=O)cc2)c(C)o1. The molecule has 2 N–H and O–H groups in total. The molecule has 1 amide bonds. The standard InChI is InChI=1S/C18H18N2O3S/c1-11-7-8-24-17(11)18-20-15(12(2)23-18)10-22-14-5-3-13(4-6-14)9-16(19)21/h3-8H,9-10H2,1-2H3,(H2,19,21). The maximum atomic E-state index is 10.9. The van der Waals surface area contributed by atoms with Gasteiger partial charge in [-0.25, -0.2) is 4.98 Å². The summed E-state index contributed by atoms with van der Waals surface area (Å²) < 4.78 is 11.5. The predicted octanol–water partition coefficient (Wildman–Crippen LogP) is 3.63. The first-order chi connectivity index (χ1) is 11.5. The molecule has 0 saturated carbocycles. The number of aromatic nitrogens is 1. The van der Waals surface area contributed by atoms with Gasteiger partial charge in [0.15, 0.2) is 0 Å². The molecular formula is C18H18N2O3S. The molecule has 6 heteroatoms. The van der Waals surface area contributed by atoms with Crippen LogP contribution in [-0.4, -0.2) is 10.9 Å². The van der Waals surface area contributed by atoms with Crippen LogP contribution >= 0.6 is 11.3 Å². The number of carbonyl (C=O) groups excluding carboxylic acids is 1. The van der Waals surface area contributed by atoms with Crippen molar-refractivity contribution in [2.75, 3.05) is 0 Å². The molecule has 0 atom stereocenters. The van der Waals surface area contributed by atoms with Gasteiger partial charge in [0, 0.05) is 0 Å². The van der Waals surface area contributed by atoms with E-state index in [4.69, 9.17) is 14.9 Å². The minimum atomic E-state index is -0.349. The maximum absolute atomic E-state index is 10.9. The highest BCUT2D eigenvalue weighted by Gasteiger charge is 2.14. The predicted molar refractivity (Wildman–Crippen MR) is 93.0 cm³/mol. The number of primary amides is 1. The van der Waals surface area contributed by atoms with E-state index < -0.39 is 0 Å². The molecule has 0 radical (unpaired) electrons. The lowest BCUT2D eigenvalue weighted by Crippen LogP contribution is -2.13. The summed E-state index contributed by atoms with van der Waals surface area (Å²) in [5.41, 5.74) is 7.97. The van der Waals surface area contributed by atoms with Crippen LogP contribution in [0.5, 0.6) is 5.75 Å². The Kier molecular flexibility index (Phi) is 4.66. The quantitative estimate of drug-likeness (QED) is 0.742. The summed E-state index contributed by atoms with van der Waals surface area (Å²) in [4.78, 5) is 16.5. The Bertz CT molecular complexity index is 850. The van der Waals surface area contributed by atoms with Gasteiger partial charge in [-0.3, -0.25) is 4.79 Å². The van der Waals surface area contributed by atoms with Crippen molar-refractivity contribution in [2.24, 2.45) is 5.73 Å². The molecule has 0 unspecified atom stereocenters. The van der Waals surface area contributed by atoms with E-state index >= 15 is 0 Å². The van der Waals surface area contributed by atoms with Gasteiger partial charge in [0.1, 0.15) is 23.8 Å². The van der Waals surface area contributed by atoms with Gasteiger partial charge >= 0.3 is 0 Å². The number of benzene rings is 1. The Morgan fingerprint density at radius 2 is 2.00 bits per heavy atom. The fourth-order valence-corrected chi connectivity index (χ4v) is 3.16. The van der Waals surface area contributed by atoms with Crippen molar-refractivity contribution >= 4 is 17.2 Å². The van der Waals surface area contributed by atoms with Crippen LogP contribution in [0.4, 0.5) is 0 Å². The molecule has 0 aliphatic rings. The number of nitrogens with two attached hydrogens (primary N) is 1. The molecule has 3 rings (SSSR count). The number of ether oxygens (including phenoxy) is 1. The monoisotopic (exact) mass is 342 g/mol. The Balaban J connectivity index is 1.68. The molecule has 0 spiro atoms. The summed E-state index contributed by atoms with van der Waals surface area (Å²) >= 11 is 1.61. The minimum absolute atomic E-state index is 0.228. The van der Waals surface area contributed by atoms with Crippen molar-refractivity contribution in [3.63, 3.8) is 0 Å². The van der Waals surface area contributed by atoms with Gasteiger partial charge in [-0.2, -0.15) is 0 Å². The van der Waals surface area contributed by atoms with Crippen LogP contribution in [0.1, 0.15) is 22.6 Å². The van der Waals surface area contributed by atoms with Gasteiger partial charge in [0.05, 0.1) is 11.3 Å². The Labute approximate surface area is 144 Å². The van der Waals surface area contributed by atoms with Gasteiger partial charge in [-0.15, -0.1) is 11.3 Å². The van der Waals surface area contributed by atoms with Crippen LogP contribution in [0.2, 0.25) is 0 Å². The zero-order chi connectivity index (χ0) is 17.1. The highest BCUT2D eigenvalue weighted by Crippen LogP contribution is 2.30. The second-order valence-corrected chi connectivity index (χ2v) is 6.45. The van der Waals surface area contributed by atoms with Gasteiger partial charge in [0.2, 0.25) is 11.8 Å². The smallest absolute Gasteiger partial charge is 0.237 e. The average Bonchev–Trinajstić information content (AvgIpc) is 3.12. The number of hydrogen-bond acceptors (Lipinski definition) is 5.